The minimum Gasteiger partial charge on any atom is -0.475 e. The summed E-state index contributed by atoms with van der Waals surface area (Å²) in [7, 11) is -3.50. The minimum atomic E-state index is -5.08. The molecule has 2 N–H and O–H groups in total. The minimum absolute atomic E-state index is 0.0765. The molecule has 0 radical (unpaired) electrons. The monoisotopic (exact) mass is 516 g/mol. The number of benzene rings is 2. The number of sulfone groups is 1. The van der Waals surface area contributed by atoms with E-state index in [0.29, 0.717) is 16.1 Å². The van der Waals surface area contributed by atoms with Crippen LogP contribution in [-0.2, 0) is 19.4 Å². The molecule has 0 aromatic heterocycles. The number of carboxylic acid groups (broad SMARTS) is 1. The first-order valence-corrected chi connectivity index (χ1v) is 12.5. The van der Waals surface area contributed by atoms with Crippen molar-refractivity contribution < 1.29 is 36.3 Å². The Balaban J connectivity index is 0.000000762. The zero-order valence-corrected chi connectivity index (χ0v) is 21.2. The third-order valence-corrected chi connectivity index (χ3v) is 6.99. The predicted molar refractivity (Wildman–Crippen MR) is 130 cm³/mol. The fourth-order valence-corrected chi connectivity index (χ4v) is 4.77. The van der Waals surface area contributed by atoms with Crippen LogP contribution in [0.2, 0.25) is 0 Å². The second-order valence-corrected chi connectivity index (χ2v) is 9.94. The van der Waals surface area contributed by atoms with Crippen LogP contribution in [0.4, 0.5) is 24.5 Å². The highest BCUT2D eigenvalue weighted by atomic mass is 32.2. The molecule has 0 aliphatic heterocycles. The third-order valence-electron chi connectivity index (χ3n) is 5.12. The molecule has 0 heterocycles. The second kappa shape index (κ2) is 12.6. The lowest BCUT2D eigenvalue weighted by molar-refractivity contribution is -0.192. The highest BCUT2D eigenvalue weighted by Crippen LogP contribution is 2.23. The van der Waals surface area contributed by atoms with E-state index in [2.05, 4.69) is 24.1 Å². The molecule has 0 bridgehead atoms. The number of hydrogen-bond acceptors (Lipinski definition) is 5. The van der Waals surface area contributed by atoms with Gasteiger partial charge in [0.05, 0.1) is 10.6 Å². The Morgan fingerprint density at radius 3 is 2.00 bits per heavy atom. The van der Waals surface area contributed by atoms with Gasteiger partial charge in [-0.3, -0.25) is 4.79 Å². The largest absolute Gasteiger partial charge is 0.490 e. The zero-order chi connectivity index (χ0) is 27.0. The molecule has 1 amide bonds. The lowest BCUT2D eigenvalue weighted by Gasteiger charge is -2.22. The number of anilines is 2. The number of alkyl halides is 3. The van der Waals surface area contributed by atoms with Crippen molar-refractivity contribution in [3.05, 3.63) is 53.1 Å². The number of carbonyl (C=O) groups excluding carboxylic acids is 1. The Kier molecular flexibility index (Phi) is 10.8. The highest BCUT2D eigenvalue weighted by Gasteiger charge is 2.38. The SMILES string of the molecule is CCN(CC)c1ccc(NC(=O)CCS(=O)(=O)c2ccc(C)cc2C)c(C)c1.O=C(O)C(F)(F)F. The molecule has 0 aliphatic carbocycles. The van der Waals surface area contributed by atoms with Crippen molar-refractivity contribution in [2.45, 2.75) is 52.1 Å². The van der Waals surface area contributed by atoms with E-state index in [1.165, 1.54) is 0 Å². The van der Waals surface area contributed by atoms with Crippen LogP contribution < -0.4 is 10.2 Å². The highest BCUT2D eigenvalue weighted by molar-refractivity contribution is 7.91. The van der Waals surface area contributed by atoms with Crippen molar-refractivity contribution in [1.82, 2.24) is 0 Å². The smallest absolute Gasteiger partial charge is 0.475 e. The number of hydrogen-bond donors (Lipinski definition) is 2. The van der Waals surface area contributed by atoms with E-state index < -0.39 is 22.0 Å². The Bertz CT molecular complexity index is 1140. The number of rotatable bonds is 8. The van der Waals surface area contributed by atoms with Crippen molar-refractivity contribution in [1.29, 1.82) is 0 Å². The molecule has 35 heavy (non-hydrogen) atoms. The molecule has 11 heteroatoms. The average molecular weight is 517 g/mol. The normalized spacial score (nSPS) is 11.3. The number of carboxylic acids is 1. The summed E-state index contributed by atoms with van der Waals surface area (Å²) >= 11 is 0. The number of aliphatic carboxylic acids is 1. The van der Waals surface area contributed by atoms with Crippen molar-refractivity contribution >= 4 is 33.1 Å². The fraction of sp³-hybridized carbons (Fsp3) is 0.417. The van der Waals surface area contributed by atoms with Gasteiger partial charge in [0.25, 0.3) is 0 Å². The van der Waals surface area contributed by atoms with Crippen LogP contribution in [0.3, 0.4) is 0 Å². The summed E-state index contributed by atoms with van der Waals surface area (Å²) in [4.78, 5) is 23.8. The fourth-order valence-electron chi connectivity index (χ4n) is 3.27. The third kappa shape index (κ3) is 9.23. The molecular weight excluding hydrogens is 485 g/mol. The average Bonchev–Trinajstić information content (AvgIpc) is 2.74. The van der Waals surface area contributed by atoms with Gasteiger partial charge < -0.3 is 15.3 Å². The van der Waals surface area contributed by atoms with Crippen LogP contribution in [0.1, 0.15) is 37.0 Å². The summed E-state index contributed by atoms with van der Waals surface area (Å²) in [5.74, 6) is -3.27. The summed E-state index contributed by atoms with van der Waals surface area (Å²) in [6, 6.07) is 11.1. The molecule has 0 aliphatic rings. The summed E-state index contributed by atoms with van der Waals surface area (Å²) in [6.45, 7) is 11.7. The van der Waals surface area contributed by atoms with Crippen molar-refractivity contribution in [3.8, 4) is 0 Å². The number of amides is 1. The number of nitrogens with one attached hydrogen (secondary N) is 1. The van der Waals surface area contributed by atoms with Gasteiger partial charge >= 0.3 is 12.1 Å². The molecule has 194 valence electrons. The van der Waals surface area contributed by atoms with E-state index in [9.17, 15) is 26.4 Å². The van der Waals surface area contributed by atoms with Gasteiger partial charge in [0.1, 0.15) is 0 Å². The summed E-state index contributed by atoms with van der Waals surface area (Å²) in [6.07, 6.45) is -5.16. The predicted octanol–water partition coefficient (Wildman–Crippen LogP) is 4.89. The van der Waals surface area contributed by atoms with Crippen LogP contribution in [0, 0.1) is 20.8 Å². The summed E-state index contributed by atoms with van der Waals surface area (Å²) in [5, 5.41) is 9.96. The maximum atomic E-state index is 12.6. The van der Waals surface area contributed by atoms with Crippen LogP contribution in [0.15, 0.2) is 41.3 Å². The first-order valence-electron chi connectivity index (χ1n) is 10.9. The van der Waals surface area contributed by atoms with Crippen molar-refractivity contribution in [2.75, 3.05) is 29.1 Å². The Morgan fingerprint density at radius 2 is 1.54 bits per heavy atom. The van der Waals surface area contributed by atoms with Gasteiger partial charge in [-0.05, 0) is 70.0 Å². The molecule has 0 saturated carbocycles. The summed E-state index contributed by atoms with van der Waals surface area (Å²) < 4.78 is 56.9. The van der Waals surface area contributed by atoms with Crippen LogP contribution in [-0.4, -0.2) is 50.4 Å². The van der Waals surface area contributed by atoms with E-state index in [4.69, 9.17) is 9.90 Å². The standard InChI is InChI=1S/C22H30N2O3S.C2HF3O2/c1-6-24(7-2)19-9-10-20(17(4)15-19)23-22(25)12-13-28(26,27)21-11-8-16(3)14-18(21)5;3-2(4,5)1(6)7/h8-11,14-15H,6-7,12-13H2,1-5H3,(H,23,25);(H,6,7). The van der Waals surface area contributed by atoms with Gasteiger partial charge in [-0.1, -0.05) is 17.7 Å². The van der Waals surface area contributed by atoms with Crippen LogP contribution in [0.5, 0.6) is 0 Å². The second-order valence-electron chi connectivity index (χ2n) is 7.86. The number of carbonyl (C=O) groups is 2. The summed E-state index contributed by atoms with van der Waals surface area (Å²) in [5.41, 5.74) is 4.50. The molecular formula is C24H31F3N2O5S. The topological polar surface area (TPSA) is 104 Å². The van der Waals surface area contributed by atoms with Gasteiger partial charge in [-0.15, -0.1) is 0 Å². The Labute approximate surface area is 203 Å². The molecule has 0 saturated heterocycles. The Hall–Kier alpha value is -3.08. The molecule has 2 aromatic rings. The first-order chi connectivity index (χ1) is 16.1. The number of halogens is 3. The molecule has 0 atom stereocenters. The quantitative estimate of drug-likeness (QED) is 0.518. The van der Waals surface area contributed by atoms with E-state index in [1.807, 2.05) is 38.1 Å². The molecule has 0 unspecified atom stereocenters. The molecule has 2 rings (SSSR count). The van der Waals surface area contributed by atoms with Gasteiger partial charge in [0.2, 0.25) is 5.91 Å². The lowest BCUT2D eigenvalue weighted by atomic mass is 10.1. The molecule has 0 spiro atoms. The maximum Gasteiger partial charge on any atom is 0.490 e. The van der Waals surface area contributed by atoms with Crippen LogP contribution >= 0.6 is 0 Å². The van der Waals surface area contributed by atoms with E-state index in [1.54, 1.807) is 19.1 Å². The van der Waals surface area contributed by atoms with Crippen LogP contribution in [0.25, 0.3) is 0 Å². The number of aryl methyl sites for hydroxylation is 3. The van der Waals surface area contributed by atoms with Gasteiger partial charge in [-0.2, -0.15) is 13.2 Å². The van der Waals surface area contributed by atoms with Gasteiger partial charge in [0.15, 0.2) is 9.84 Å². The van der Waals surface area contributed by atoms with Crippen molar-refractivity contribution in [2.24, 2.45) is 0 Å². The lowest BCUT2D eigenvalue weighted by Crippen LogP contribution is -2.22. The first kappa shape index (κ1) is 30.0. The molecule has 7 nitrogen and oxygen atoms in total. The number of nitrogens with zero attached hydrogens (tertiary/aromatic N) is 1. The van der Waals surface area contributed by atoms with E-state index >= 15 is 0 Å². The molecule has 2 aromatic carbocycles. The zero-order valence-electron chi connectivity index (χ0n) is 20.4. The van der Waals surface area contributed by atoms with Gasteiger partial charge in [0, 0.05) is 30.9 Å². The van der Waals surface area contributed by atoms with E-state index in [0.717, 1.165) is 29.9 Å². The Morgan fingerprint density at radius 1 is 0.971 bits per heavy atom. The van der Waals surface area contributed by atoms with Gasteiger partial charge in [-0.25, -0.2) is 13.2 Å². The van der Waals surface area contributed by atoms with Crippen molar-refractivity contribution in [3.63, 3.8) is 0 Å². The maximum absolute atomic E-state index is 12.6. The van der Waals surface area contributed by atoms with E-state index in [-0.39, 0.29) is 18.1 Å². The molecule has 0 fully saturated rings.